The largest absolute Gasteiger partial charge is 0.507 e. The molecule has 36 heavy (non-hydrogen) atoms. The van der Waals surface area contributed by atoms with E-state index in [1.54, 1.807) is 24.3 Å². The Kier molecular flexibility index (Phi) is 5.80. The Balaban J connectivity index is 1.61. The second-order valence-corrected chi connectivity index (χ2v) is 10.9. The molecule has 0 saturated carbocycles. The number of hydrogen-bond acceptors (Lipinski definition) is 6. The lowest BCUT2D eigenvalue weighted by atomic mass is 9.83. The van der Waals surface area contributed by atoms with Crippen molar-refractivity contribution in [3.05, 3.63) is 77.9 Å². The van der Waals surface area contributed by atoms with E-state index in [1.807, 2.05) is 0 Å². The van der Waals surface area contributed by atoms with Gasteiger partial charge in [0.15, 0.2) is 5.54 Å². The number of rotatable bonds is 5. The van der Waals surface area contributed by atoms with Crippen LogP contribution in [0.2, 0.25) is 0 Å². The molecule has 0 bridgehead atoms. The van der Waals surface area contributed by atoms with Crippen LogP contribution >= 0.6 is 0 Å². The van der Waals surface area contributed by atoms with E-state index in [0.717, 1.165) is 19.3 Å². The SMILES string of the molecule is C=CCN1C(=O)C2(NC(=O)C(=O)/C2=C(/O)c2ccc(S(=O)(=O)N3CCCCC3)cc2)c2ccccc21. The summed E-state index contributed by atoms with van der Waals surface area (Å²) in [5, 5.41) is 13.8. The van der Waals surface area contributed by atoms with Crippen LogP contribution in [0.3, 0.4) is 0 Å². The summed E-state index contributed by atoms with van der Waals surface area (Å²) in [6, 6.07) is 12.2. The van der Waals surface area contributed by atoms with Crippen molar-refractivity contribution in [1.29, 1.82) is 0 Å². The third-order valence-corrected chi connectivity index (χ3v) is 8.82. The molecule has 2 aromatic rings. The number of nitrogens with zero attached hydrogens (tertiary/aromatic N) is 2. The molecule has 1 spiro atoms. The summed E-state index contributed by atoms with van der Waals surface area (Å²) in [6.07, 6.45) is 4.11. The van der Waals surface area contributed by atoms with Gasteiger partial charge in [-0.3, -0.25) is 14.4 Å². The fourth-order valence-electron chi connectivity index (χ4n) is 5.17. The Morgan fingerprint density at radius 2 is 1.69 bits per heavy atom. The van der Waals surface area contributed by atoms with Crippen molar-refractivity contribution in [1.82, 2.24) is 9.62 Å². The Hall–Kier alpha value is -3.76. The minimum Gasteiger partial charge on any atom is -0.507 e. The molecule has 3 heterocycles. The van der Waals surface area contributed by atoms with E-state index in [2.05, 4.69) is 11.9 Å². The van der Waals surface area contributed by atoms with Crippen molar-refractivity contribution in [2.75, 3.05) is 24.5 Å². The lowest BCUT2D eigenvalue weighted by molar-refractivity contribution is -0.134. The van der Waals surface area contributed by atoms with Gasteiger partial charge in [-0.1, -0.05) is 30.7 Å². The van der Waals surface area contributed by atoms with Crippen LogP contribution in [0.1, 0.15) is 30.4 Å². The second kappa shape index (κ2) is 8.72. The monoisotopic (exact) mass is 507 g/mol. The highest BCUT2D eigenvalue weighted by atomic mass is 32.2. The quantitative estimate of drug-likeness (QED) is 0.277. The van der Waals surface area contributed by atoms with Gasteiger partial charge in [0.25, 0.3) is 17.6 Å². The third kappa shape index (κ3) is 3.40. The number of nitrogens with one attached hydrogen (secondary N) is 1. The van der Waals surface area contributed by atoms with Crippen LogP contribution in [-0.2, 0) is 29.9 Å². The number of piperidine rings is 1. The lowest BCUT2D eigenvalue weighted by Gasteiger charge is -2.26. The Morgan fingerprint density at radius 1 is 1.03 bits per heavy atom. The first-order valence-corrected chi connectivity index (χ1v) is 13.1. The number of hydrogen-bond donors (Lipinski definition) is 2. The first-order valence-electron chi connectivity index (χ1n) is 11.7. The predicted octanol–water partition coefficient (Wildman–Crippen LogP) is 2.26. The van der Waals surface area contributed by atoms with E-state index in [1.165, 1.54) is 39.5 Å². The molecule has 2 amide bonds. The molecule has 3 aliphatic rings. The number of carbonyl (C=O) groups excluding carboxylic acids is 3. The minimum atomic E-state index is -3.70. The highest BCUT2D eigenvalue weighted by Crippen LogP contribution is 2.48. The summed E-state index contributed by atoms with van der Waals surface area (Å²) in [6.45, 7) is 4.72. The summed E-state index contributed by atoms with van der Waals surface area (Å²) in [5.41, 5.74) is -1.31. The van der Waals surface area contributed by atoms with Crippen LogP contribution in [0, 0.1) is 0 Å². The molecule has 0 aromatic heterocycles. The van der Waals surface area contributed by atoms with Gasteiger partial charge >= 0.3 is 0 Å². The number of aliphatic hydroxyl groups is 1. The highest BCUT2D eigenvalue weighted by Gasteiger charge is 2.62. The van der Waals surface area contributed by atoms with Crippen molar-refractivity contribution >= 4 is 39.1 Å². The third-order valence-electron chi connectivity index (χ3n) is 6.90. The number of para-hydroxylation sites is 1. The Bertz CT molecular complexity index is 1420. The van der Waals surface area contributed by atoms with Gasteiger partial charge in [0.1, 0.15) is 5.76 Å². The topological polar surface area (TPSA) is 124 Å². The number of Topliss-reactive ketones (excluding diaryl/α,β-unsaturated/α-hetero) is 1. The number of amides is 2. The molecule has 2 aromatic carbocycles. The molecule has 5 rings (SSSR count). The Labute approximate surface area is 208 Å². The zero-order valence-electron chi connectivity index (χ0n) is 19.4. The summed E-state index contributed by atoms with van der Waals surface area (Å²) in [4.78, 5) is 40.7. The normalized spacial score (nSPS) is 23.7. The number of aliphatic hydroxyl groups excluding tert-OH is 1. The molecule has 1 unspecified atom stereocenters. The highest BCUT2D eigenvalue weighted by molar-refractivity contribution is 7.89. The molecule has 1 atom stereocenters. The maximum absolute atomic E-state index is 13.7. The van der Waals surface area contributed by atoms with Crippen molar-refractivity contribution < 1.29 is 27.9 Å². The van der Waals surface area contributed by atoms with Crippen LogP contribution in [0.15, 0.2) is 71.7 Å². The number of ketones is 1. The van der Waals surface area contributed by atoms with Gasteiger partial charge in [0.05, 0.1) is 16.2 Å². The minimum absolute atomic E-state index is 0.0621. The molecule has 9 nitrogen and oxygen atoms in total. The van der Waals surface area contributed by atoms with Crippen molar-refractivity contribution in [3.8, 4) is 0 Å². The first-order chi connectivity index (χ1) is 17.2. The standard InChI is InChI=1S/C26H25N3O6S/c1-2-14-29-20-9-5-4-8-19(20)26(25(29)33)21(23(31)24(32)27-26)22(30)17-10-12-18(13-11-17)36(34,35)28-15-6-3-7-16-28/h2,4-5,8-13,30H,1,3,6-7,14-16H2,(H,27,32)/b22-21-. The molecule has 3 aliphatic heterocycles. The zero-order valence-corrected chi connectivity index (χ0v) is 20.3. The predicted molar refractivity (Wildman–Crippen MR) is 132 cm³/mol. The summed E-state index contributed by atoms with van der Waals surface area (Å²) in [5.74, 6) is -3.19. The van der Waals surface area contributed by atoms with Gasteiger partial charge in [-0.2, -0.15) is 4.31 Å². The maximum atomic E-state index is 13.7. The smallest absolute Gasteiger partial charge is 0.293 e. The fraction of sp³-hybridized carbons (Fsp3) is 0.269. The molecule has 0 aliphatic carbocycles. The fourth-order valence-corrected chi connectivity index (χ4v) is 6.68. The molecular formula is C26H25N3O6S. The number of fused-ring (bicyclic) bond motifs is 2. The van der Waals surface area contributed by atoms with Crippen LogP contribution in [0.25, 0.3) is 5.76 Å². The van der Waals surface area contributed by atoms with Crippen molar-refractivity contribution in [2.24, 2.45) is 0 Å². The van der Waals surface area contributed by atoms with E-state index in [0.29, 0.717) is 24.3 Å². The lowest BCUT2D eigenvalue weighted by Crippen LogP contribution is -2.49. The molecule has 0 radical (unpaired) electrons. The van der Waals surface area contributed by atoms with Gasteiger partial charge in [-0.15, -0.1) is 6.58 Å². The molecule has 2 N–H and O–H groups in total. The number of carbonyl (C=O) groups is 3. The zero-order chi connectivity index (χ0) is 25.7. The molecule has 2 fully saturated rings. The van der Waals surface area contributed by atoms with Gasteiger partial charge in [-0.25, -0.2) is 8.42 Å². The summed E-state index contributed by atoms with van der Waals surface area (Å²) >= 11 is 0. The summed E-state index contributed by atoms with van der Waals surface area (Å²) < 4.78 is 27.4. The van der Waals surface area contributed by atoms with Crippen LogP contribution in [-0.4, -0.2) is 55.1 Å². The van der Waals surface area contributed by atoms with Crippen molar-refractivity contribution in [2.45, 2.75) is 29.7 Å². The molecule has 2 saturated heterocycles. The van der Waals surface area contributed by atoms with Crippen molar-refractivity contribution in [3.63, 3.8) is 0 Å². The second-order valence-electron chi connectivity index (χ2n) is 8.97. The maximum Gasteiger partial charge on any atom is 0.293 e. The average Bonchev–Trinajstić information content (AvgIpc) is 3.30. The van der Waals surface area contributed by atoms with Gasteiger partial charge in [-0.05, 0) is 43.2 Å². The molecule has 10 heteroatoms. The van der Waals surface area contributed by atoms with Crippen LogP contribution in [0.4, 0.5) is 5.69 Å². The van der Waals surface area contributed by atoms with Gasteiger partial charge in [0, 0.05) is 30.8 Å². The van der Waals surface area contributed by atoms with E-state index >= 15 is 0 Å². The van der Waals surface area contributed by atoms with Crippen LogP contribution < -0.4 is 10.2 Å². The van der Waals surface area contributed by atoms with Crippen LogP contribution in [0.5, 0.6) is 0 Å². The van der Waals surface area contributed by atoms with E-state index < -0.39 is 38.9 Å². The van der Waals surface area contributed by atoms with E-state index in [4.69, 9.17) is 0 Å². The molecular weight excluding hydrogens is 482 g/mol. The van der Waals surface area contributed by atoms with E-state index in [9.17, 15) is 27.9 Å². The van der Waals surface area contributed by atoms with Gasteiger partial charge in [0.2, 0.25) is 10.0 Å². The molecule has 186 valence electrons. The average molecular weight is 508 g/mol. The summed E-state index contributed by atoms with van der Waals surface area (Å²) in [7, 11) is -3.70. The number of benzene rings is 2. The Morgan fingerprint density at radius 3 is 2.36 bits per heavy atom. The van der Waals surface area contributed by atoms with E-state index in [-0.39, 0.29) is 22.6 Å². The number of anilines is 1. The number of sulfonamides is 1. The first kappa shape index (κ1) is 24.0. The van der Waals surface area contributed by atoms with Gasteiger partial charge < -0.3 is 15.3 Å².